The second-order valence-corrected chi connectivity index (χ2v) is 11.6. The summed E-state index contributed by atoms with van der Waals surface area (Å²) in [4.78, 5) is 4.95. The highest BCUT2D eigenvalue weighted by molar-refractivity contribution is 6.80. The van der Waals surface area contributed by atoms with E-state index in [1.807, 2.05) is 30.3 Å². The first kappa shape index (κ1) is 21.6. The molecular formula is C26H27ClN2OSi. The van der Waals surface area contributed by atoms with E-state index < -0.39 is 9.04 Å². The molecule has 158 valence electrons. The molecule has 4 rings (SSSR count). The standard InChI is InChI=1S/C26H27ClN2OSi/c1-26(2,3)23-22(29-25-20(24(23)27)15-10-16-21(25)28)17-30-31(18-11-6-4-7-12-18)19-13-8-5-9-14-19/h4-16,31H,17,28H2,1-3H3. The number of nitrogens with zero attached hydrogens (tertiary/aromatic N) is 1. The number of hydrogen-bond acceptors (Lipinski definition) is 3. The number of hydrogen-bond donors (Lipinski definition) is 1. The summed E-state index contributed by atoms with van der Waals surface area (Å²) in [6.07, 6.45) is 0. The highest BCUT2D eigenvalue weighted by atomic mass is 35.5. The van der Waals surface area contributed by atoms with E-state index in [0.29, 0.717) is 17.3 Å². The van der Waals surface area contributed by atoms with Crippen LogP contribution >= 0.6 is 11.6 Å². The molecule has 1 heterocycles. The van der Waals surface area contributed by atoms with Crippen LogP contribution in [0.5, 0.6) is 0 Å². The highest BCUT2D eigenvalue weighted by Crippen LogP contribution is 2.38. The molecule has 3 aromatic carbocycles. The predicted molar refractivity (Wildman–Crippen MR) is 134 cm³/mol. The van der Waals surface area contributed by atoms with Crippen molar-refractivity contribution in [2.75, 3.05) is 5.73 Å². The summed E-state index contributed by atoms with van der Waals surface area (Å²) < 4.78 is 6.66. The first-order valence-corrected chi connectivity index (χ1v) is 12.4. The Morgan fingerprint density at radius 3 is 2.00 bits per heavy atom. The molecule has 0 saturated heterocycles. The first-order chi connectivity index (χ1) is 14.9. The maximum atomic E-state index is 6.91. The molecule has 0 atom stereocenters. The minimum absolute atomic E-state index is 0.182. The number of rotatable bonds is 5. The lowest BCUT2D eigenvalue weighted by Gasteiger charge is -2.26. The summed E-state index contributed by atoms with van der Waals surface area (Å²) >= 11 is 6.91. The highest BCUT2D eigenvalue weighted by Gasteiger charge is 2.26. The quantitative estimate of drug-likeness (QED) is 0.353. The summed E-state index contributed by atoms with van der Waals surface area (Å²) in [6, 6.07) is 26.7. The molecule has 0 aliphatic carbocycles. The number of para-hydroxylation sites is 1. The third-order valence-electron chi connectivity index (χ3n) is 5.40. The molecule has 1 aromatic heterocycles. The number of anilines is 1. The van der Waals surface area contributed by atoms with Crippen molar-refractivity contribution in [3.8, 4) is 0 Å². The smallest absolute Gasteiger partial charge is 0.240 e. The lowest BCUT2D eigenvalue weighted by molar-refractivity contribution is 0.312. The largest absolute Gasteiger partial charge is 0.405 e. The molecule has 5 heteroatoms. The monoisotopic (exact) mass is 446 g/mol. The van der Waals surface area contributed by atoms with Crippen LogP contribution in [0, 0.1) is 0 Å². The van der Waals surface area contributed by atoms with Crippen LogP contribution in [0.1, 0.15) is 32.0 Å². The molecule has 0 saturated carbocycles. The number of halogens is 1. The van der Waals surface area contributed by atoms with Gasteiger partial charge < -0.3 is 10.2 Å². The lowest BCUT2D eigenvalue weighted by atomic mass is 9.85. The van der Waals surface area contributed by atoms with Crippen LogP contribution in [0.3, 0.4) is 0 Å². The van der Waals surface area contributed by atoms with E-state index in [-0.39, 0.29) is 5.41 Å². The number of nitrogens with two attached hydrogens (primary N) is 1. The van der Waals surface area contributed by atoms with Gasteiger partial charge in [0.1, 0.15) is 0 Å². The maximum absolute atomic E-state index is 6.91. The van der Waals surface area contributed by atoms with Gasteiger partial charge in [-0.25, -0.2) is 4.98 Å². The molecule has 0 aliphatic rings. The zero-order valence-corrected chi connectivity index (χ0v) is 20.0. The van der Waals surface area contributed by atoms with E-state index in [1.54, 1.807) is 0 Å². The van der Waals surface area contributed by atoms with Gasteiger partial charge in [-0.3, -0.25) is 0 Å². The Balaban J connectivity index is 1.79. The molecule has 3 nitrogen and oxygen atoms in total. The van der Waals surface area contributed by atoms with Gasteiger partial charge in [-0.1, -0.05) is 105 Å². The summed E-state index contributed by atoms with van der Waals surface area (Å²) in [6.45, 7) is 6.85. The Kier molecular flexibility index (Phi) is 6.14. The van der Waals surface area contributed by atoms with Crippen LogP contribution in [-0.2, 0) is 16.4 Å². The molecular weight excluding hydrogens is 420 g/mol. The second kappa shape index (κ2) is 8.83. The molecule has 4 aromatic rings. The molecule has 2 N–H and O–H groups in total. The van der Waals surface area contributed by atoms with Gasteiger partial charge in [0.25, 0.3) is 0 Å². The van der Waals surface area contributed by atoms with Crippen molar-refractivity contribution >= 4 is 47.6 Å². The topological polar surface area (TPSA) is 48.1 Å². The molecule has 0 spiro atoms. The van der Waals surface area contributed by atoms with Crippen molar-refractivity contribution in [3.05, 3.63) is 95.1 Å². The zero-order chi connectivity index (χ0) is 22.0. The van der Waals surface area contributed by atoms with Crippen molar-refractivity contribution in [3.63, 3.8) is 0 Å². The molecule has 0 fully saturated rings. The van der Waals surface area contributed by atoms with E-state index in [4.69, 9.17) is 26.7 Å². The van der Waals surface area contributed by atoms with Crippen molar-refractivity contribution < 1.29 is 4.43 Å². The van der Waals surface area contributed by atoms with Gasteiger partial charge in [0, 0.05) is 10.9 Å². The van der Waals surface area contributed by atoms with E-state index in [9.17, 15) is 0 Å². The molecule has 31 heavy (non-hydrogen) atoms. The fourth-order valence-electron chi connectivity index (χ4n) is 3.98. The van der Waals surface area contributed by atoms with Crippen LogP contribution in [0.15, 0.2) is 78.9 Å². The van der Waals surface area contributed by atoms with Gasteiger partial charge in [0.05, 0.1) is 28.5 Å². The Morgan fingerprint density at radius 2 is 1.45 bits per heavy atom. The van der Waals surface area contributed by atoms with Crippen LogP contribution < -0.4 is 16.1 Å². The average molecular weight is 447 g/mol. The Hall–Kier alpha value is -2.66. The van der Waals surface area contributed by atoms with E-state index in [0.717, 1.165) is 22.2 Å². The van der Waals surface area contributed by atoms with Gasteiger partial charge in [0.15, 0.2) is 0 Å². The first-order valence-electron chi connectivity index (χ1n) is 10.4. The van der Waals surface area contributed by atoms with Gasteiger partial charge in [0.2, 0.25) is 9.04 Å². The van der Waals surface area contributed by atoms with Crippen molar-refractivity contribution in [1.82, 2.24) is 4.98 Å². The number of aromatic nitrogens is 1. The van der Waals surface area contributed by atoms with Crippen LogP contribution in [0.2, 0.25) is 5.02 Å². The van der Waals surface area contributed by atoms with Gasteiger partial charge in [-0.15, -0.1) is 0 Å². The minimum atomic E-state index is -1.90. The number of fused-ring (bicyclic) bond motifs is 1. The Morgan fingerprint density at radius 1 is 0.871 bits per heavy atom. The van der Waals surface area contributed by atoms with Crippen molar-refractivity contribution in [1.29, 1.82) is 0 Å². The normalized spacial score (nSPS) is 11.9. The minimum Gasteiger partial charge on any atom is -0.405 e. The van der Waals surface area contributed by atoms with E-state index in [1.165, 1.54) is 10.4 Å². The third-order valence-corrected chi connectivity index (χ3v) is 8.27. The van der Waals surface area contributed by atoms with Gasteiger partial charge in [-0.2, -0.15) is 0 Å². The SMILES string of the molecule is CC(C)(C)c1c(CO[SiH](c2ccccc2)c2ccccc2)nc2c(N)cccc2c1Cl. The molecule has 0 radical (unpaired) electrons. The van der Waals surface area contributed by atoms with E-state index in [2.05, 4.69) is 69.3 Å². The summed E-state index contributed by atoms with van der Waals surface area (Å²) in [5.41, 5.74) is 9.28. The van der Waals surface area contributed by atoms with Crippen molar-refractivity contribution in [2.45, 2.75) is 32.8 Å². The van der Waals surface area contributed by atoms with Gasteiger partial charge in [-0.05, 0) is 21.9 Å². The fourth-order valence-corrected chi connectivity index (χ4v) is 6.77. The summed E-state index contributed by atoms with van der Waals surface area (Å²) in [5, 5.41) is 4.06. The molecule has 0 bridgehead atoms. The third kappa shape index (κ3) is 4.52. The van der Waals surface area contributed by atoms with E-state index >= 15 is 0 Å². The number of pyridine rings is 1. The Bertz CT molecular complexity index is 1150. The summed E-state index contributed by atoms with van der Waals surface area (Å²) in [5.74, 6) is 0. The van der Waals surface area contributed by atoms with Crippen molar-refractivity contribution in [2.24, 2.45) is 0 Å². The number of benzene rings is 3. The fraction of sp³-hybridized carbons (Fsp3) is 0.192. The Labute approximate surface area is 190 Å². The molecule has 0 unspecified atom stereocenters. The van der Waals surface area contributed by atoms with Crippen LogP contribution in [0.4, 0.5) is 5.69 Å². The number of nitrogen functional groups attached to an aromatic ring is 1. The van der Waals surface area contributed by atoms with Crippen LogP contribution in [-0.4, -0.2) is 14.0 Å². The lowest BCUT2D eigenvalue weighted by Crippen LogP contribution is -2.44. The average Bonchev–Trinajstić information content (AvgIpc) is 2.75. The predicted octanol–water partition coefficient (Wildman–Crippen LogP) is 4.82. The molecule has 0 amide bonds. The van der Waals surface area contributed by atoms with Crippen LogP contribution in [0.25, 0.3) is 10.9 Å². The second-order valence-electron chi connectivity index (χ2n) is 8.75. The maximum Gasteiger partial charge on any atom is 0.240 e. The molecule has 0 aliphatic heterocycles. The zero-order valence-electron chi connectivity index (χ0n) is 18.1. The van der Waals surface area contributed by atoms with Gasteiger partial charge >= 0.3 is 0 Å². The summed E-state index contributed by atoms with van der Waals surface area (Å²) in [7, 11) is -1.90.